The minimum Gasteiger partial charge on any atom is -0.497 e. The summed E-state index contributed by atoms with van der Waals surface area (Å²) in [4.78, 5) is 0. The van der Waals surface area contributed by atoms with Crippen molar-refractivity contribution in [3.05, 3.63) is 24.3 Å². The van der Waals surface area contributed by atoms with Crippen LogP contribution >= 0.6 is 0 Å². The van der Waals surface area contributed by atoms with Crippen LogP contribution in [0.3, 0.4) is 0 Å². The summed E-state index contributed by atoms with van der Waals surface area (Å²) < 4.78 is 10.5. The maximum atomic E-state index is 5.45. The van der Waals surface area contributed by atoms with E-state index in [1.807, 2.05) is 31.2 Å². The quantitative estimate of drug-likeness (QED) is 0.745. The molecule has 0 aromatic heterocycles. The highest BCUT2D eigenvalue weighted by Gasteiger charge is 1.99. The van der Waals surface area contributed by atoms with Crippen molar-refractivity contribution >= 4 is 0 Å². The molecule has 0 saturated carbocycles. The fraction of sp³-hybridized carbons (Fsp3) is 0.400. The third-order valence-corrected chi connectivity index (χ3v) is 1.59. The van der Waals surface area contributed by atoms with Gasteiger partial charge in [0.05, 0.1) is 7.11 Å². The normalized spacial score (nSPS) is 12.2. The lowest BCUT2D eigenvalue weighted by Gasteiger charge is -2.07. The number of quaternary nitrogens is 1. The number of hydrogen-bond donors (Lipinski definition) is 1. The van der Waals surface area contributed by atoms with Crippen LogP contribution in [0.15, 0.2) is 24.3 Å². The van der Waals surface area contributed by atoms with Crippen LogP contribution < -0.4 is 15.2 Å². The molecule has 13 heavy (non-hydrogen) atoms. The van der Waals surface area contributed by atoms with E-state index in [0.29, 0.717) is 12.6 Å². The van der Waals surface area contributed by atoms with Gasteiger partial charge in [-0.1, -0.05) is 0 Å². The zero-order chi connectivity index (χ0) is 9.68. The summed E-state index contributed by atoms with van der Waals surface area (Å²) in [5.41, 5.74) is 3.84. The zero-order valence-electron chi connectivity index (χ0n) is 8.12. The largest absolute Gasteiger partial charge is 0.497 e. The summed E-state index contributed by atoms with van der Waals surface area (Å²) in [6.07, 6.45) is 0. The summed E-state index contributed by atoms with van der Waals surface area (Å²) in [6.45, 7) is 2.66. The molecular formula is C10H16NO2+. The predicted octanol–water partition coefficient (Wildman–Crippen LogP) is 0.704. The van der Waals surface area contributed by atoms with Crippen molar-refractivity contribution in [1.82, 2.24) is 0 Å². The van der Waals surface area contributed by atoms with Gasteiger partial charge >= 0.3 is 0 Å². The SMILES string of the molecule is COc1ccc(OC[C@H](C)[NH3+])cc1. The predicted molar refractivity (Wildman–Crippen MR) is 50.8 cm³/mol. The Kier molecular flexibility index (Phi) is 3.58. The molecule has 0 unspecified atom stereocenters. The third-order valence-electron chi connectivity index (χ3n) is 1.59. The van der Waals surface area contributed by atoms with Crippen molar-refractivity contribution in [3.8, 4) is 11.5 Å². The highest BCUT2D eigenvalue weighted by molar-refractivity contribution is 5.31. The zero-order valence-corrected chi connectivity index (χ0v) is 8.12. The van der Waals surface area contributed by atoms with Crippen LogP contribution in [-0.2, 0) is 0 Å². The summed E-state index contributed by atoms with van der Waals surface area (Å²) in [5, 5.41) is 0. The maximum Gasteiger partial charge on any atom is 0.139 e. The molecular weight excluding hydrogens is 166 g/mol. The minimum absolute atomic E-state index is 0.308. The van der Waals surface area contributed by atoms with Crippen molar-refractivity contribution in [1.29, 1.82) is 0 Å². The Hall–Kier alpha value is -1.22. The monoisotopic (exact) mass is 182 g/mol. The lowest BCUT2D eigenvalue weighted by atomic mass is 10.3. The Morgan fingerprint density at radius 1 is 1.23 bits per heavy atom. The molecule has 0 heterocycles. The summed E-state index contributed by atoms with van der Waals surface area (Å²) in [5.74, 6) is 1.70. The van der Waals surface area contributed by atoms with E-state index in [2.05, 4.69) is 5.73 Å². The molecule has 0 saturated heterocycles. The molecule has 0 spiro atoms. The van der Waals surface area contributed by atoms with Crippen LogP contribution in [0.2, 0.25) is 0 Å². The van der Waals surface area contributed by atoms with Gasteiger partial charge in [-0.2, -0.15) is 0 Å². The van der Waals surface area contributed by atoms with Gasteiger partial charge in [0.25, 0.3) is 0 Å². The second kappa shape index (κ2) is 4.72. The van der Waals surface area contributed by atoms with Gasteiger partial charge in [-0.15, -0.1) is 0 Å². The standard InChI is InChI=1S/C10H15NO2/c1-8(11)7-13-10-5-3-9(12-2)4-6-10/h3-6,8H,7,11H2,1-2H3/p+1/t8-/m0/s1. The average molecular weight is 182 g/mol. The molecule has 3 N–H and O–H groups in total. The molecule has 72 valence electrons. The molecule has 3 heteroatoms. The second-order valence-electron chi connectivity index (χ2n) is 3.09. The van der Waals surface area contributed by atoms with E-state index in [4.69, 9.17) is 9.47 Å². The van der Waals surface area contributed by atoms with E-state index in [1.165, 1.54) is 0 Å². The summed E-state index contributed by atoms with van der Waals surface area (Å²) >= 11 is 0. The van der Waals surface area contributed by atoms with Crippen molar-refractivity contribution in [2.24, 2.45) is 0 Å². The Morgan fingerprint density at radius 2 is 1.77 bits per heavy atom. The number of ether oxygens (including phenoxy) is 2. The van der Waals surface area contributed by atoms with Gasteiger partial charge in [0.15, 0.2) is 0 Å². The van der Waals surface area contributed by atoms with Crippen molar-refractivity contribution in [2.75, 3.05) is 13.7 Å². The van der Waals surface area contributed by atoms with Crippen LogP contribution in [0.1, 0.15) is 6.92 Å². The Morgan fingerprint density at radius 3 is 2.23 bits per heavy atom. The average Bonchev–Trinajstić information content (AvgIpc) is 2.15. The van der Waals surface area contributed by atoms with E-state index >= 15 is 0 Å². The highest BCUT2D eigenvalue weighted by atomic mass is 16.5. The number of methoxy groups -OCH3 is 1. The molecule has 3 nitrogen and oxygen atoms in total. The first-order chi connectivity index (χ1) is 6.22. The van der Waals surface area contributed by atoms with Crippen molar-refractivity contribution < 1.29 is 15.2 Å². The molecule has 0 bridgehead atoms. The fourth-order valence-electron chi connectivity index (χ4n) is 0.910. The minimum atomic E-state index is 0.308. The Bertz CT molecular complexity index is 244. The molecule has 0 aliphatic heterocycles. The third kappa shape index (κ3) is 3.34. The van der Waals surface area contributed by atoms with E-state index in [9.17, 15) is 0 Å². The van der Waals surface area contributed by atoms with E-state index < -0.39 is 0 Å². The first kappa shape index (κ1) is 9.86. The molecule has 1 aromatic rings. The maximum absolute atomic E-state index is 5.45. The molecule has 1 rings (SSSR count). The topological polar surface area (TPSA) is 46.1 Å². The molecule has 0 aliphatic rings. The van der Waals surface area contributed by atoms with Crippen LogP contribution in [0.4, 0.5) is 0 Å². The van der Waals surface area contributed by atoms with Crippen LogP contribution in [-0.4, -0.2) is 19.8 Å². The number of rotatable bonds is 4. The van der Waals surface area contributed by atoms with Gasteiger partial charge in [0, 0.05) is 0 Å². The van der Waals surface area contributed by atoms with Crippen LogP contribution in [0.25, 0.3) is 0 Å². The van der Waals surface area contributed by atoms with E-state index in [0.717, 1.165) is 11.5 Å². The highest BCUT2D eigenvalue weighted by Crippen LogP contribution is 2.16. The Balaban J connectivity index is 2.49. The van der Waals surface area contributed by atoms with E-state index in [1.54, 1.807) is 7.11 Å². The molecule has 0 aliphatic carbocycles. The van der Waals surface area contributed by atoms with Gasteiger partial charge < -0.3 is 15.2 Å². The smallest absolute Gasteiger partial charge is 0.139 e. The lowest BCUT2D eigenvalue weighted by molar-refractivity contribution is -0.417. The van der Waals surface area contributed by atoms with Crippen LogP contribution in [0, 0.1) is 0 Å². The van der Waals surface area contributed by atoms with Gasteiger partial charge in [0.2, 0.25) is 0 Å². The first-order valence-corrected chi connectivity index (χ1v) is 4.32. The van der Waals surface area contributed by atoms with Gasteiger partial charge in [0.1, 0.15) is 24.1 Å². The fourth-order valence-corrected chi connectivity index (χ4v) is 0.910. The lowest BCUT2D eigenvalue weighted by Crippen LogP contribution is -2.61. The van der Waals surface area contributed by atoms with Crippen molar-refractivity contribution in [2.45, 2.75) is 13.0 Å². The van der Waals surface area contributed by atoms with Crippen LogP contribution in [0.5, 0.6) is 11.5 Å². The van der Waals surface area contributed by atoms with Gasteiger partial charge in [-0.25, -0.2) is 0 Å². The molecule has 1 aromatic carbocycles. The molecule has 0 fully saturated rings. The number of benzene rings is 1. The molecule has 0 radical (unpaired) electrons. The summed E-state index contributed by atoms with van der Waals surface area (Å²) in [6, 6.07) is 7.84. The first-order valence-electron chi connectivity index (χ1n) is 4.32. The van der Waals surface area contributed by atoms with E-state index in [-0.39, 0.29) is 0 Å². The van der Waals surface area contributed by atoms with Gasteiger partial charge in [-0.05, 0) is 31.2 Å². The molecule has 0 amide bonds. The van der Waals surface area contributed by atoms with Gasteiger partial charge in [-0.3, -0.25) is 0 Å². The Labute approximate surface area is 78.5 Å². The number of hydrogen-bond acceptors (Lipinski definition) is 2. The van der Waals surface area contributed by atoms with Crippen molar-refractivity contribution in [3.63, 3.8) is 0 Å². The molecule has 1 atom stereocenters. The second-order valence-corrected chi connectivity index (χ2v) is 3.09. The summed E-state index contributed by atoms with van der Waals surface area (Å²) in [7, 11) is 1.65.